The summed E-state index contributed by atoms with van der Waals surface area (Å²) in [5.74, 6) is 1.04. The van der Waals surface area contributed by atoms with Gasteiger partial charge in [-0.2, -0.15) is 5.10 Å². The Morgan fingerprint density at radius 1 is 1.30 bits per heavy atom. The highest BCUT2D eigenvalue weighted by Crippen LogP contribution is 2.36. The van der Waals surface area contributed by atoms with Crippen molar-refractivity contribution in [1.29, 1.82) is 0 Å². The number of hydrogen-bond acceptors (Lipinski definition) is 5. The Morgan fingerprint density at radius 3 is 2.80 bits per heavy atom. The van der Waals surface area contributed by atoms with Gasteiger partial charge < -0.3 is 19.8 Å². The van der Waals surface area contributed by atoms with Gasteiger partial charge in [-0.3, -0.25) is 9.48 Å². The van der Waals surface area contributed by atoms with Gasteiger partial charge in [-0.05, 0) is 37.6 Å². The molecule has 0 radical (unpaired) electrons. The highest BCUT2D eigenvalue weighted by atomic mass is 16.2. The molecular weight excluding hydrogens is 378 g/mol. The molecule has 4 heterocycles. The lowest BCUT2D eigenvalue weighted by molar-refractivity contribution is -0.140. The number of aromatic amines is 1. The monoisotopic (exact) mass is 405 g/mol. The number of aromatic nitrogens is 4. The minimum atomic E-state index is 0.183. The molecule has 0 bridgehead atoms. The molecule has 0 spiro atoms. The smallest absolute Gasteiger partial charge is 0.225 e. The lowest BCUT2D eigenvalue weighted by Crippen LogP contribution is -2.52. The molecular formula is C22H27N7O. The fraction of sp³-hybridized carbons (Fsp3) is 0.455. The van der Waals surface area contributed by atoms with Crippen LogP contribution in [0.25, 0.3) is 22.3 Å². The van der Waals surface area contributed by atoms with Crippen LogP contribution >= 0.6 is 0 Å². The number of carbonyl (C=O) groups excluding carboxylic acids is 1. The molecule has 0 atom stereocenters. The van der Waals surface area contributed by atoms with Crippen LogP contribution in [0.5, 0.6) is 0 Å². The maximum atomic E-state index is 12.8. The van der Waals surface area contributed by atoms with Crippen molar-refractivity contribution in [2.75, 3.05) is 37.6 Å². The number of rotatable bonds is 5. The van der Waals surface area contributed by atoms with Gasteiger partial charge in [0.05, 0.1) is 11.9 Å². The standard InChI is InChI=1S/C22H27N7O/c1-23-12-15-9-16(10-15)22(30)29-7-5-28(6-8-29)20-3-4-24-21-18(20)11-19(26-21)17-13-25-27(2)14-17/h3-4,11,13-16H,1,5-10,12H2,2H3,(H,24,26). The van der Waals surface area contributed by atoms with Crippen molar-refractivity contribution in [3.63, 3.8) is 0 Å². The number of carbonyl (C=O) groups is 1. The molecule has 0 aromatic carbocycles. The van der Waals surface area contributed by atoms with E-state index in [0.717, 1.165) is 67.9 Å². The van der Waals surface area contributed by atoms with Crippen LogP contribution in [0.4, 0.5) is 5.69 Å². The van der Waals surface area contributed by atoms with Crippen LogP contribution in [-0.2, 0) is 11.8 Å². The SMILES string of the molecule is C=NCC1CC(C(=O)N2CCN(c3ccnc4[nH]c(-c5cnn(C)c5)cc34)CC2)C1. The number of hydrogen-bond donors (Lipinski definition) is 1. The predicted molar refractivity (Wildman–Crippen MR) is 118 cm³/mol. The zero-order chi connectivity index (χ0) is 20.7. The first-order chi connectivity index (χ1) is 14.6. The lowest BCUT2D eigenvalue weighted by Gasteiger charge is -2.41. The van der Waals surface area contributed by atoms with Gasteiger partial charge >= 0.3 is 0 Å². The first kappa shape index (κ1) is 18.8. The fourth-order valence-corrected chi connectivity index (χ4v) is 4.70. The maximum Gasteiger partial charge on any atom is 0.225 e. The highest BCUT2D eigenvalue weighted by Gasteiger charge is 2.37. The number of amides is 1. The molecule has 156 valence electrons. The Balaban J connectivity index is 1.27. The number of aryl methyl sites for hydroxylation is 1. The van der Waals surface area contributed by atoms with Crippen LogP contribution in [0.3, 0.4) is 0 Å². The number of pyridine rings is 1. The Morgan fingerprint density at radius 2 is 2.10 bits per heavy atom. The van der Waals surface area contributed by atoms with E-state index in [4.69, 9.17) is 0 Å². The minimum absolute atomic E-state index is 0.183. The predicted octanol–water partition coefficient (Wildman–Crippen LogP) is 2.34. The summed E-state index contributed by atoms with van der Waals surface area (Å²) in [6, 6.07) is 4.22. The van der Waals surface area contributed by atoms with Crippen LogP contribution in [0.2, 0.25) is 0 Å². The molecule has 8 nitrogen and oxygen atoms in total. The van der Waals surface area contributed by atoms with E-state index >= 15 is 0 Å². The van der Waals surface area contributed by atoms with Gasteiger partial charge in [0.15, 0.2) is 0 Å². The number of anilines is 1. The number of aliphatic imine (C=N–C) groups is 1. The summed E-state index contributed by atoms with van der Waals surface area (Å²) in [5, 5.41) is 5.37. The van der Waals surface area contributed by atoms with Crippen LogP contribution in [0.15, 0.2) is 35.7 Å². The average molecular weight is 406 g/mol. The first-order valence-electron chi connectivity index (χ1n) is 10.6. The number of nitrogens with one attached hydrogen (secondary N) is 1. The van der Waals surface area contributed by atoms with Gasteiger partial charge in [-0.1, -0.05) is 0 Å². The molecule has 5 rings (SSSR count). The van der Waals surface area contributed by atoms with Crippen molar-refractivity contribution in [2.45, 2.75) is 12.8 Å². The summed E-state index contributed by atoms with van der Waals surface area (Å²) in [7, 11) is 1.91. The van der Waals surface area contributed by atoms with Crippen LogP contribution in [-0.4, -0.2) is 70.0 Å². The van der Waals surface area contributed by atoms with Crippen LogP contribution in [0.1, 0.15) is 12.8 Å². The molecule has 3 aromatic rings. The third-order valence-electron chi connectivity index (χ3n) is 6.43. The molecule has 2 aliphatic rings. The van der Waals surface area contributed by atoms with Gasteiger partial charge in [0.25, 0.3) is 0 Å². The third-order valence-corrected chi connectivity index (χ3v) is 6.43. The van der Waals surface area contributed by atoms with Gasteiger partial charge in [0, 0.05) is 74.7 Å². The second kappa shape index (κ2) is 7.59. The topological polar surface area (TPSA) is 82.4 Å². The summed E-state index contributed by atoms with van der Waals surface area (Å²) in [4.78, 5) is 29.1. The Hall–Kier alpha value is -3.16. The lowest BCUT2D eigenvalue weighted by atomic mass is 9.74. The van der Waals surface area contributed by atoms with E-state index in [1.165, 1.54) is 5.69 Å². The van der Waals surface area contributed by atoms with Gasteiger partial charge in [-0.15, -0.1) is 0 Å². The molecule has 1 N–H and O–H groups in total. The molecule has 1 amide bonds. The third kappa shape index (κ3) is 3.36. The van der Waals surface area contributed by atoms with E-state index in [0.29, 0.717) is 11.8 Å². The van der Waals surface area contributed by atoms with Crippen LogP contribution in [0, 0.1) is 11.8 Å². The van der Waals surface area contributed by atoms with E-state index in [-0.39, 0.29) is 5.92 Å². The van der Waals surface area contributed by atoms with Crippen molar-refractivity contribution >= 4 is 29.3 Å². The normalized spacial score (nSPS) is 21.6. The maximum absolute atomic E-state index is 12.8. The van der Waals surface area contributed by atoms with Crippen LogP contribution < -0.4 is 4.90 Å². The summed E-state index contributed by atoms with van der Waals surface area (Å²) in [6.45, 7) is 7.55. The highest BCUT2D eigenvalue weighted by molar-refractivity contribution is 5.93. The number of nitrogens with zero attached hydrogens (tertiary/aromatic N) is 6. The van der Waals surface area contributed by atoms with E-state index < -0.39 is 0 Å². The molecule has 1 aliphatic carbocycles. The van der Waals surface area contributed by atoms with Crippen molar-refractivity contribution < 1.29 is 4.79 Å². The number of H-pyrrole nitrogens is 1. The van der Waals surface area contributed by atoms with E-state index in [2.05, 4.69) is 43.8 Å². The van der Waals surface area contributed by atoms with Crippen molar-refractivity contribution in [3.8, 4) is 11.3 Å². The molecule has 3 aromatic heterocycles. The van der Waals surface area contributed by atoms with Gasteiger partial charge in [0.1, 0.15) is 5.65 Å². The molecule has 1 saturated carbocycles. The summed E-state index contributed by atoms with van der Waals surface area (Å²) < 4.78 is 1.80. The second-order valence-corrected chi connectivity index (χ2v) is 8.43. The molecule has 2 fully saturated rings. The summed E-state index contributed by atoms with van der Waals surface area (Å²) in [5.41, 5.74) is 4.10. The summed E-state index contributed by atoms with van der Waals surface area (Å²) >= 11 is 0. The van der Waals surface area contributed by atoms with Crippen molar-refractivity contribution in [2.24, 2.45) is 23.9 Å². The van der Waals surface area contributed by atoms with Crippen molar-refractivity contribution in [3.05, 3.63) is 30.7 Å². The fourth-order valence-electron chi connectivity index (χ4n) is 4.70. The molecule has 0 unspecified atom stereocenters. The molecule has 1 aliphatic heterocycles. The average Bonchev–Trinajstić information content (AvgIpc) is 3.36. The van der Waals surface area contributed by atoms with E-state index in [1.54, 1.807) is 4.68 Å². The minimum Gasteiger partial charge on any atom is -0.367 e. The number of piperazine rings is 1. The zero-order valence-electron chi connectivity index (χ0n) is 17.3. The van der Waals surface area contributed by atoms with E-state index in [1.807, 2.05) is 30.5 Å². The Labute approximate surface area is 175 Å². The Kier molecular flexibility index (Phi) is 4.77. The summed E-state index contributed by atoms with van der Waals surface area (Å²) in [6.07, 6.45) is 7.61. The van der Waals surface area contributed by atoms with E-state index in [9.17, 15) is 4.79 Å². The Bertz CT molecular complexity index is 1070. The van der Waals surface area contributed by atoms with Crippen molar-refractivity contribution in [1.82, 2.24) is 24.6 Å². The molecule has 1 saturated heterocycles. The molecule has 30 heavy (non-hydrogen) atoms. The van der Waals surface area contributed by atoms with Gasteiger partial charge in [-0.25, -0.2) is 4.98 Å². The second-order valence-electron chi connectivity index (χ2n) is 8.43. The number of fused-ring (bicyclic) bond motifs is 1. The zero-order valence-corrected chi connectivity index (χ0v) is 17.3. The van der Waals surface area contributed by atoms with Gasteiger partial charge in [0.2, 0.25) is 5.91 Å². The first-order valence-corrected chi connectivity index (χ1v) is 10.6. The molecule has 8 heteroatoms. The largest absolute Gasteiger partial charge is 0.367 e. The quantitative estimate of drug-likeness (QED) is 0.661.